The van der Waals surface area contributed by atoms with Crippen molar-refractivity contribution in [1.82, 2.24) is 25.8 Å². The van der Waals surface area contributed by atoms with E-state index in [9.17, 15) is 4.39 Å². The lowest BCUT2D eigenvalue weighted by molar-refractivity contribution is 0.378. The van der Waals surface area contributed by atoms with Crippen LogP contribution in [0.25, 0.3) is 22.3 Å². The van der Waals surface area contributed by atoms with Gasteiger partial charge in [0.1, 0.15) is 5.82 Å². The Hall–Kier alpha value is -2.66. The SMILES string of the molecule is CN=C(NCCc1nc(-c2cccc(Cl)c2)no1)NCCc1c[nH]c2ccc(F)cc12.I. The molecule has 0 bridgehead atoms. The molecule has 0 aliphatic carbocycles. The number of nitrogens with zero attached hydrogens (tertiary/aromatic N) is 3. The summed E-state index contributed by atoms with van der Waals surface area (Å²) in [6.07, 6.45) is 3.20. The van der Waals surface area contributed by atoms with Crippen molar-refractivity contribution in [2.75, 3.05) is 20.1 Å². The fourth-order valence-electron chi connectivity index (χ4n) is 3.28. The van der Waals surface area contributed by atoms with Crippen molar-refractivity contribution in [3.8, 4) is 11.4 Å². The molecule has 2 aromatic heterocycles. The van der Waals surface area contributed by atoms with Gasteiger partial charge >= 0.3 is 0 Å². The third-order valence-corrected chi connectivity index (χ3v) is 5.06. The van der Waals surface area contributed by atoms with E-state index in [1.54, 1.807) is 31.3 Å². The topological polar surface area (TPSA) is 91.1 Å². The van der Waals surface area contributed by atoms with Crippen molar-refractivity contribution in [3.05, 3.63) is 71.0 Å². The quantitative estimate of drug-likeness (QED) is 0.173. The van der Waals surface area contributed by atoms with Crippen LogP contribution < -0.4 is 10.6 Å². The van der Waals surface area contributed by atoms with E-state index in [0.717, 1.165) is 28.5 Å². The molecule has 0 spiro atoms. The second-order valence-electron chi connectivity index (χ2n) is 6.95. The smallest absolute Gasteiger partial charge is 0.228 e. The Kier molecular flexibility index (Phi) is 8.46. The molecule has 168 valence electrons. The molecule has 2 aromatic carbocycles. The van der Waals surface area contributed by atoms with Crippen molar-refractivity contribution < 1.29 is 8.91 Å². The summed E-state index contributed by atoms with van der Waals surface area (Å²) < 4.78 is 18.8. The molecule has 32 heavy (non-hydrogen) atoms. The summed E-state index contributed by atoms with van der Waals surface area (Å²) in [5.74, 6) is 1.47. The average Bonchev–Trinajstić information content (AvgIpc) is 3.40. The van der Waals surface area contributed by atoms with Gasteiger partial charge in [-0.05, 0) is 42.3 Å². The summed E-state index contributed by atoms with van der Waals surface area (Å²) in [4.78, 5) is 11.8. The number of nitrogens with one attached hydrogen (secondary N) is 3. The first-order chi connectivity index (χ1) is 15.1. The van der Waals surface area contributed by atoms with Gasteiger partial charge in [0.2, 0.25) is 11.7 Å². The number of halogens is 3. The van der Waals surface area contributed by atoms with Crippen LogP contribution in [-0.4, -0.2) is 41.2 Å². The van der Waals surface area contributed by atoms with E-state index >= 15 is 0 Å². The Morgan fingerprint density at radius 3 is 2.75 bits per heavy atom. The second-order valence-corrected chi connectivity index (χ2v) is 7.39. The Balaban J connectivity index is 0.00000289. The first-order valence-corrected chi connectivity index (χ1v) is 10.3. The molecule has 0 amide bonds. The number of fused-ring (bicyclic) bond motifs is 1. The molecule has 10 heteroatoms. The molecule has 0 saturated carbocycles. The van der Waals surface area contributed by atoms with Crippen molar-refractivity contribution in [3.63, 3.8) is 0 Å². The van der Waals surface area contributed by atoms with Gasteiger partial charge in [-0.25, -0.2) is 4.39 Å². The summed E-state index contributed by atoms with van der Waals surface area (Å²) in [5, 5.41) is 12.0. The molecule has 0 unspecified atom stereocenters. The van der Waals surface area contributed by atoms with E-state index in [2.05, 4.69) is 30.8 Å². The summed E-state index contributed by atoms with van der Waals surface area (Å²) >= 11 is 6.01. The fraction of sp³-hybridized carbons (Fsp3) is 0.227. The highest BCUT2D eigenvalue weighted by Gasteiger charge is 2.09. The Labute approximate surface area is 206 Å². The maximum absolute atomic E-state index is 13.5. The van der Waals surface area contributed by atoms with Crippen LogP contribution in [0.1, 0.15) is 11.5 Å². The maximum Gasteiger partial charge on any atom is 0.228 e. The lowest BCUT2D eigenvalue weighted by atomic mass is 10.1. The number of hydrogen-bond donors (Lipinski definition) is 3. The lowest BCUT2D eigenvalue weighted by Gasteiger charge is -2.10. The molecule has 0 aliphatic heterocycles. The van der Waals surface area contributed by atoms with Gasteiger partial charge < -0.3 is 20.1 Å². The zero-order valence-electron chi connectivity index (χ0n) is 17.4. The largest absolute Gasteiger partial charge is 0.361 e. The van der Waals surface area contributed by atoms with Gasteiger partial charge in [0, 0.05) is 54.2 Å². The molecule has 4 aromatic rings. The first kappa shape index (κ1) is 24.0. The van der Waals surface area contributed by atoms with Gasteiger partial charge in [0.05, 0.1) is 0 Å². The van der Waals surface area contributed by atoms with Crippen molar-refractivity contribution in [1.29, 1.82) is 0 Å². The van der Waals surface area contributed by atoms with Crippen LogP contribution in [0, 0.1) is 5.82 Å². The van der Waals surface area contributed by atoms with E-state index < -0.39 is 0 Å². The second kappa shape index (κ2) is 11.3. The Bertz CT molecular complexity index is 1210. The van der Waals surface area contributed by atoms with Gasteiger partial charge in [-0.15, -0.1) is 24.0 Å². The minimum absolute atomic E-state index is 0. The van der Waals surface area contributed by atoms with Crippen LogP contribution in [0.3, 0.4) is 0 Å². The zero-order chi connectivity index (χ0) is 21.6. The third kappa shape index (κ3) is 5.98. The average molecular weight is 569 g/mol. The molecule has 4 rings (SSSR count). The van der Waals surface area contributed by atoms with Crippen LogP contribution in [0.4, 0.5) is 4.39 Å². The van der Waals surface area contributed by atoms with E-state index in [0.29, 0.717) is 42.2 Å². The van der Waals surface area contributed by atoms with E-state index in [1.165, 1.54) is 6.07 Å². The van der Waals surface area contributed by atoms with E-state index in [-0.39, 0.29) is 29.8 Å². The first-order valence-electron chi connectivity index (χ1n) is 9.91. The predicted octanol–water partition coefficient (Wildman–Crippen LogP) is 4.58. The van der Waals surface area contributed by atoms with Gasteiger partial charge in [-0.3, -0.25) is 4.99 Å². The lowest BCUT2D eigenvalue weighted by Crippen LogP contribution is -2.39. The number of aromatic amines is 1. The highest BCUT2D eigenvalue weighted by atomic mass is 127. The molecule has 0 fully saturated rings. The number of aliphatic imine (C=N–C) groups is 1. The molecule has 0 aliphatic rings. The molecule has 0 atom stereocenters. The van der Waals surface area contributed by atoms with Crippen LogP contribution in [0.15, 0.2) is 58.2 Å². The monoisotopic (exact) mass is 568 g/mol. The molecular weight excluding hydrogens is 546 g/mol. The minimum Gasteiger partial charge on any atom is -0.361 e. The molecule has 0 saturated heterocycles. The highest BCUT2D eigenvalue weighted by molar-refractivity contribution is 14.0. The standard InChI is InChI=1S/C22H22ClFN6O.HI/c1-25-22(26-9-7-15-13-28-19-6-5-17(24)12-18(15)19)27-10-8-20-29-21(30-31-20)14-3-2-4-16(23)11-14;/h2-6,11-13,28H,7-10H2,1H3,(H2,25,26,27);1H. The van der Waals surface area contributed by atoms with E-state index in [1.807, 2.05) is 18.3 Å². The van der Waals surface area contributed by atoms with Gasteiger partial charge in [0.15, 0.2) is 5.96 Å². The molecule has 7 nitrogen and oxygen atoms in total. The number of hydrogen-bond acceptors (Lipinski definition) is 4. The predicted molar refractivity (Wildman–Crippen MR) is 135 cm³/mol. The van der Waals surface area contributed by atoms with Crippen molar-refractivity contribution >= 4 is 52.4 Å². The summed E-state index contributed by atoms with van der Waals surface area (Å²) in [6.45, 7) is 1.23. The number of aromatic nitrogens is 3. The van der Waals surface area contributed by atoms with Gasteiger partial charge in [0.25, 0.3) is 0 Å². The normalized spacial score (nSPS) is 11.4. The number of benzene rings is 2. The zero-order valence-corrected chi connectivity index (χ0v) is 20.4. The highest BCUT2D eigenvalue weighted by Crippen LogP contribution is 2.20. The fourth-order valence-corrected chi connectivity index (χ4v) is 3.47. The summed E-state index contributed by atoms with van der Waals surface area (Å²) in [6, 6.07) is 12.1. The molecule has 2 heterocycles. The number of H-pyrrole nitrogens is 1. The van der Waals surface area contributed by atoms with Crippen LogP contribution >= 0.6 is 35.6 Å². The number of rotatable bonds is 7. The molecule has 3 N–H and O–H groups in total. The van der Waals surface area contributed by atoms with Gasteiger partial charge in [-0.1, -0.05) is 28.9 Å². The van der Waals surface area contributed by atoms with Crippen molar-refractivity contribution in [2.24, 2.45) is 4.99 Å². The third-order valence-electron chi connectivity index (χ3n) is 4.82. The van der Waals surface area contributed by atoms with Crippen LogP contribution in [-0.2, 0) is 12.8 Å². The van der Waals surface area contributed by atoms with Crippen LogP contribution in [0.5, 0.6) is 0 Å². The summed E-state index contributed by atoms with van der Waals surface area (Å²) in [5.41, 5.74) is 2.79. The molecular formula is C22H23ClFIN6O. The Morgan fingerprint density at radius 1 is 1.16 bits per heavy atom. The molecule has 0 radical (unpaired) electrons. The summed E-state index contributed by atoms with van der Waals surface area (Å²) in [7, 11) is 1.71. The van der Waals surface area contributed by atoms with Gasteiger partial charge in [-0.2, -0.15) is 4.98 Å². The maximum atomic E-state index is 13.5. The van der Waals surface area contributed by atoms with Crippen LogP contribution in [0.2, 0.25) is 5.02 Å². The van der Waals surface area contributed by atoms with E-state index in [4.69, 9.17) is 16.1 Å². The number of guanidine groups is 1. The van der Waals surface area contributed by atoms with Crippen molar-refractivity contribution in [2.45, 2.75) is 12.8 Å². The minimum atomic E-state index is -0.238. The Morgan fingerprint density at radius 2 is 1.97 bits per heavy atom.